The molecule has 138 valence electrons. The Morgan fingerprint density at radius 3 is 2.59 bits per heavy atom. The van der Waals surface area contributed by atoms with Gasteiger partial charge < -0.3 is 15.4 Å². The SMILES string of the molecule is CCc1cccc(C)c1NC(=O)/C(C#N)=C\Nc1ccccc1C(=O)OC. The van der Waals surface area contributed by atoms with Gasteiger partial charge in [0.15, 0.2) is 0 Å². The number of carbonyl (C=O) groups excluding carboxylic acids is 2. The zero-order valence-electron chi connectivity index (χ0n) is 15.5. The van der Waals surface area contributed by atoms with Gasteiger partial charge in [-0.05, 0) is 36.6 Å². The van der Waals surface area contributed by atoms with Crippen LogP contribution in [0.15, 0.2) is 54.2 Å². The molecule has 2 rings (SSSR count). The van der Waals surface area contributed by atoms with Gasteiger partial charge in [0, 0.05) is 11.9 Å². The number of rotatable bonds is 6. The fourth-order valence-electron chi connectivity index (χ4n) is 2.58. The van der Waals surface area contributed by atoms with Gasteiger partial charge in [0.1, 0.15) is 11.6 Å². The number of nitriles is 1. The van der Waals surface area contributed by atoms with Crippen LogP contribution in [0.2, 0.25) is 0 Å². The summed E-state index contributed by atoms with van der Waals surface area (Å²) < 4.78 is 4.73. The normalized spacial score (nSPS) is 10.7. The molecule has 6 nitrogen and oxygen atoms in total. The van der Waals surface area contributed by atoms with Crippen LogP contribution in [0.3, 0.4) is 0 Å². The maximum Gasteiger partial charge on any atom is 0.339 e. The van der Waals surface area contributed by atoms with Crippen molar-refractivity contribution in [1.29, 1.82) is 5.26 Å². The van der Waals surface area contributed by atoms with E-state index >= 15 is 0 Å². The highest BCUT2D eigenvalue weighted by atomic mass is 16.5. The van der Waals surface area contributed by atoms with Crippen LogP contribution in [0.5, 0.6) is 0 Å². The van der Waals surface area contributed by atoms with Crippen LogP contribution < -0.4 is 10.6 Å². The number of carbonyl (C=O) groups is 2. The number of hydrogen-bond donors (Lipinski definition) is 2. The molecule has 2 aromatic rings. The van der Waals surface area contributed by atoms with Crippen molar-refractivity contribution in [3.8, 4) is 6.07 Å². The van der Waals surface area contributed by atoms with Crippen LogP contribution in [-0.2, 0) is 16.0 Å². The van der Waals surface area contributed by atoms with Crippen LogP contribution >= 0.6 is 0 Å². The number of nitrogens with zero attached hydrogens (tertiary/aromatic N) is 1. The summed E-state index contributed by atoms with van der Waals surface area (Å²) in [4.78, 5) is 24.3. The Bertz CT molecular complexity index is 927. The summed E-state index contributed by atoms with van der Waals surface area (Å²) in [6.07, 6.45) is 2.04. The second-order valence-electron chi connectivity index (χ2n) is 5.77. The molecule has 0 fully saturated rings. The zero-order valence-corrected chi connectivity index (χ0v) is 15.5. The van der Waals surface area contributed by atoms with E-state index in [2.05, 4.69) is 10.6 Å². The van der Waals surface area contributed by atoms with Crippen molar-refractivity contribution in [1.82, 2.24) is 0 Å². The summed E-state index contributed by atoms with van der Waals surface area (Å²) in [5, 5.41) is 15.0. The number of amides is 1. The number of anilines is 2. The first-order valence-electron chi connectivity index (χ1n) is 8.45. The van der Waals surface area contributed by atoms with Gasteiger partial charge >= 0.3 is 5.97 Å². The number of aryl methyl sites for hydroxylation is 2. The highest BCUT2D eigenvalue weighted by Gasteiger charge is 2.14. The topological polar surface area (TPSA) is 91.2 Å². The molecule has 0 spiro atoms. The van der Waals surface area contributed by atoms with Gasteiger partial charge in [-0.15, -0.1) is 0 Å². The van der Waals surface area contributed by atoms with Gasteiger partial charge in [-0.2, -0.15) is 5.26 Å². The minimum atomic E-state index is -0.524. The molecule has 0 atom stereocenters. The number of para-hydroxylation sites is 2. The molecule has 0 aromatic heterocycles. The van der Waals surface area contributed by atoms with Crippen molar-refractivity contribution >= 4 is 23.3 Å². The molecule has 0 radical (unpaired) electrons. The Balaban J connectivity index is 2.24. The van der Waals surface area contributed by atoms with Crippen LogP contribution in [0.1, 0.15) is 28.4 Å². The first kappa shape index (κ1) is 19.7. The molecule has 0 aliphatic heterocycles. The molecule has 0 unspecified atom stereocenters. The monoisotopic (exact) mass is 363 g/mol. The maximum atomic E-state index is 12.5. The number of ether oxygens (including phenoxy) is 1. The van der Waals surface area contributed by atoms with E-state index in [1.54, 1.807) is 24.3 Å². The molecule has 2 aromatic carbocycles. The predicted molar refractivity (Wildman–Crippen MR) is 104 cm³/mol. The lowest BCUT2D eigenvalue weighted by Crippen LogP contribution is -2.17. The van der Waals surface area contributed by atoms with Gasteiger partial charge in [-0.25, -0.2) is 4.79 Å². The van der Waals surface area contributed by atoms with Crippen molar-refractivity contribution in [2.45, 2.75) is 20.3 Å². The summed E-state index contributed by atoms with van der Waals surface area (Å²) in [5.41, 5.74) is 3.26. The molecule has 0 saturated heterocycles. The standard InChI is InChI=1S/C21H21N3O3/c1-4-15-9-7-8-14(2)19(15)24-20(25)16(12-22)13-23-18-11-6-5-10-17(18)21(26)27-3/h5-11,13,23H,4H2,1-3H3,(H,24,25)/b16-13-. The summed E-state index contributed by atoms with van der Waals surface area (Å²) in [7, 11) is 1.29. The molecule has 0 aliphatic rings. The molecule has 0 saturated carbocycles. The van der Waals surface area contributed by atoms with E-state index in [1.807, 2.05) is 38.1 Å². The summed E-state index contributed by atoms with van der Waals surface area (Å²) in [6, 6.07) is 14.3. The van der Waals surface area contributed by atoms with Gasteiger partial charge in [-0.3, -0.25) is 4.79 Å². The van der Waals surface area contributed by atoms with Crippen molar-refractivity contribution in [2.24, 2.45) is 0 Å². The van der Waals surface area contributed by atoms with Crippen LogP contribution in [0.25, 0.3) is 0 Å². The lowest BCUT2D eigenvalue weighted by Gasteiger charge is -2.13. The molecular formula is C21H21N3O3. The smallest absolute Gasteiger partial charge is 0.339 e. The summed E-state index contributed by atoms with van der Waals surface area (Å²) in [6.45, 7) is 3.90. The van der Waals surface area contributed by atoms with Crippen molar-refractivity contribution in [2.75, 3.05) is 17.7 Å². The van der Waals surface area contributed by atoms with E-state index in [9.17, 15) is 14.9 Å². The van der Waals surface area contributed by atoms with Crippen molar-refractivity contribution in [3.05, 3.63) is 70.9 Å². The van der Waals surface area contributed by atoms with E-state index in [4.69, 9.17) is 4.74 Å². The first-order chi connectivity index (χ1) is 13.0. The van der Waals surface area contributed by atoms with Gasteiger partial charge in [0.05, 0.1) is 18.4 Å². The molecule has 0 heterocycles. The molecule has 0 aliphatic carbocycles. The molecule has 2 N–H and O–H groups in total. The van der Waals surface area contributed by atoms with Crippen LogP contribution in [0.4, 0.5) is 11.4 Å². The third-order valence-electron chi connectivity index (χ3n) is 4.05. The number of nitrogens with one attached hydrogen (secondary N) is 2. The fraction of sp³-hybridized carbons (Fsp3) is 0.190. The average molecular weight is 363 g/mol. The summed E-state index contributed by atoms with van der Waals surface area (Å²) in [5.74, 6) is -1.04. The minimum absolute atomic E-state index is 0.111. The lowest BCUT2D eigenvalue weighted by atomic mass is 10.1. The molecule has 27 heavy (non-hydrogen) atoms. The second-order valence-corrected chi connectivity index (χ2v) is 5.77. The maximum absolute atomic E-state index is 12.5. The highest BCUT2D eigenvalue weighted by Crippen LogP contribution is 2.22. The number of benzene rings is 2. The second kappa shape index (κ2) is 9.20. The van der Waals surface area contributed by atoms with E-state index in [1.165, 1.54) is 13.3 Å². The van der Waals surface area contributed by atoms with Crippen molar-refractivity contribution < 1.29 is 14.3 Å². The van der Waals surface area contributed by atoms with E-state index in [0.717, 1.165) is 17.5 Å². The highest BCUT2D eigenvalue weighted by molar-refractivity contribution is 6.07. The van der Waals surface area contributed by atoms with E-state index in [0.29, 0.717) is 16.9 Å². The van der Waals surface area contributed by atoms with Gasteiger partial charge in [0.25, 0.3) is 5.91 Å². The Hall–Kier alpha value is -3.59. The van der Waals surface area contributed by atoms with Crippen LogP contribution in [-0.4, -0.2) is 19.0 Å². The van der Waals surface area contributed by atoms with Crippen molar-refractivity contribution in [3.63, 3.8) is 0 Å². The first-order valence-corrected chi connectivity index (χ1v) is 8.45. The van der Waals surface area contributed by atoms with Gasteiger partial charge in [-0.1, -0.05) is 37.3 Å². The lowest BCUT2D eigenvalue weighted by molar-refractivity contribution is -0.112. The van der Waals surface area contributed by atoms with Crippen LogP contribution in [0, 0.1) is 18.3 Å². The number of hydrogen-bond acceptors (Lipinski definition) is 5. The Morgan fingerprint density at radius 2 is 1.93 bits per heavy atom. The third kappa shape index (κ3) is 4.73. The Labute approximate surface area is 158 Å². The zero-order chi connectivity index (χ0) is 19.8. The average Bonchev–Trinajstić information content (AvgIpc) is 2.69. The van der Waals surface area contributed by atoms with Gasteiger partial charge in [0.2, 0.25) is 0 Å². The summed E-state index contributed by atoms with van der Waals surface area (Å²) >= 11 is 0. The Morgan fingerprint density at radius 1 is 1.19 bits per heavy atom. The fourth-order valence-corrected chi connectivity index (χ4v) is 2.58. The van der Waals surface area contributed by atoms with E-state index < -0.39 is 11.9 Å². The quantitative estimate of drug-likeness (QED) is 0.463. The third-order valence-corrected chi connectivity index (χ3v) is 4.05. The molecular weight excluding hydrogens is 342 g/mol. The predicted octanol–water partition coefficient (Wildman–Crippen LogP) is 3.80. The van der Waals surface area contributed by atoms with E-state index in [-0.39, 0.29) is 5.57 Å². The number of methoxy groups -OCH3 is 1. The minimum Gasteiger partial charge on any atom is -0.465 e. The Kier molecular flexibility index (Phi) is 6.73. The molecule has 6 heteroatoms. The molecule has 1 amide bonds. The molecule has 0 bridgehead atoms. The largest absolute Gasteiger partial charge is 0.465 e. The number of esters is 1.